The van der Waals surface area contributed by atoms with Gasteiger partial charge < -0.3 is 16.6 Å². The minimum atomic E-state index is -0.755. The quantitative estimate of drug-likeness (QED) is 0.669. The van der Waals surface area contributed by atoms with Crippen molar-refractivity contribution in [3.05, 3.63) is 5.73 Å². The summed E-state index contributed by atoms with van der Waals surface area (Å²) in [5.74, 6) is -0.675. The van der Waals surface area contributed by atoms with Crippen molar-refractivity contribution < 1.29 is 54.0 Å². The van der Waals surface area contributed by atoms with Crippen LogP contribution in [0.3, 0.4) is 0 Å². The fourth-order valence-corrected chi connectivity index (χ4v) is 2.86. The summed E-state index contributed by atoms with van der Waals surface area (Å²) in [6, 6.07) is -0.307. The fourth-order valence-electron chi connectivity index (χ4n) is 2.86. The molecule has 17 heavy (non-hydrogen) atoms. The first-order valence-electron chi connectivity index (χ1n) is 6.20. The van der Waals surface area contributed by atoms with E-state index in [1.807, 2.05) is 0 Å². The third-order valence-corrected chi connectivity index (χ3v) is 4.03. The average Bonchev–Trinajstić information content (AvgIpc) is 2.62. The molecule has 1 saturated carbocycles. The van der Waals surface area contributed by atoms with Gasteiger partial charge in [0.1, 0.15) is 0 Å². The van der Waals surface area contributed by atoms with E-state index in [1.54, 1.807) is 0 Å². The van der Waals surface area contributed by atoms with Crippen LogP contribution >= 0.6 is 0 Å². The fraction of sp³-hybridized carbons (Fsp3) is 0.917. The van der Waals surface area contributed by atoms with Crippen molar-refractivity contribution in [1.82, 2.24) is 0 Å². The number of hydrogen-bond donors (Lipinski definition) is 2. The summed E-state index contributed by atoms with van der Waals surface area (Å²) in [4.78, 5) is 10.9. The van der Waals surface area contributed by atoms with Gasteiger partial charge in [-0.15, -0.1) is 6.04 Å². The summed E-state index contributed by atoms with van der Waals surface area (Å²) in [5, 5.41) is 8.97. The monoisotopic (exact) mass is 454 g/mol. The molecule has 97 valence electrons. The van der Waals surface area contributed by atoms with Gasteiger partial charge in [-0.1, -0.05) is 32.6 Å². The predicted molar refractivity (Wildman–Crippen MR) is 64.0 cm³/mol. The molecular formula is C12H23AcN2O2-. The van der Waals surface area contributed by atoms with Gasteiger partial charge in [-0.05, 0) is 18.8 Å². The van der Waals surface area contributed by atoms with Crippen LogP contribution in [0, 0.1) is 61.8 Å². The summed E-state index contributed by atoms with van der Waals surface area (Å²) in [7, 11) is 0. The first-order chi connectivity index (χ1) is 7.51. The van der Waals surface area contributed by atoms with E-state index in [0.717, 1.165) is 12.8 Å². The van der Waals surface area contributed by atoms with Crippen LogP contribution < -0.4 is 5.73 Å². The Bertz CT molecular complexity index is 247. The molecule has 0 saturated heterocycles. The number of carboxylic acids is 1. The molecule has 1 radical (unpaired) electrons. The molecule has 0 aliphatic heterocycles. The Morgan fingerprint density at radius 2 is 1.94 bits per heavy atom. The van der Waals surface area contributed by atoms with E-state index in [9.17, 15) is 4.79 Å². The molecule has 4 nitrogen and oxygen atoms in total. The maximum Gasteiger partial charge on any atom is 0.306 e. The van der Waals surface area contributed by atoms with Gasteiger partial charge >= 0.3 is 5.97 Å². The minimum Gasteiger partial charge on any atom is -0.674 e. The van der Waals surface area contributed by atoms with E-state index in [1.165, 1.54) is 0 Å². The number of carbonyl (C=O) groups is 1. The van der Waals surface area contributed by atoms with Crippen LogP contribution in [-0.2, 0) is 4.79 Å². The van der Waals surface area contributed by atoms with E-state index in [2.05, 4.69) is 13.8 Å². The number of aliphatic carboxylic acids is 1. The third-order valence-electron chi connectivity index (χ3n) is 4.03. The molecule has 4 N–H and O–H groups in total. The van der Waals surface area contributed by atoms with Crippen molar-refractivity contribution in [2.75, 3.05) is 0 Å². The molecule has 0 amide bonds. The molecule has 0 aromatic rings. The molecule has 5 heteroatoms. The molecule has 0 bridgehead atoms. The van der Waals surface area contributed by atoms with E-state index < -0.39 is 5.97 Å². The normalized spacial score (nSPS) is 30.1. The standard InChI is InChI=1S/C12H23N2O2.Ac/c1-3-7(4-2)11(14)9-5-8(12(15)16)6-10(9)13;/h7-11,14H,3-6,13H2,1-2H3,(H,15,16);/q-1;. The second kappa shape index (κ2) is 8.09. The number of nitrogens with one attached hydrogen (secondary N) is 1. The van der Waals surface area contributed by atoms with Crippen LogP contribution in [0.25, 0.3) is 5.73 Å². The second-order valence-electron chi connectivity index (χ2n) is 4.94. The molecule has 4 unspecified atom stereocenters. The maximum atomic E-state index is 10.9. The van der Waals surface area contributed by atoms with Crippen molar-refractivity contribution in [2.24, 2.45) is 23.5 Å². The average molecular weight is 454 g/mol. The van der Waals surface area contributed by atoms with Gasteiger partial charge in [0.25, 0.3) is 0 Å². The van der Waals surface area contributed by atoms with Gasteiger partial charge in [0.15, 0.2) is 0 Å². The summed E-state index contributed by atoms with van der Waals surface area (Å²) in [6.07, 6.45) is 3.08. The van der Waals surface area contributed by atoms with Gasteiger partial charge in [0.05, 0.1) is 5.92 Å². The number of carboxylic acid groups (broad SMARTS) is 1. The van der Waals surface area contributed by atoms with E-state index in [0.29, 0.717) is 18.8 Å². The molecule has 1 rings (SSSR count). The van der Waals surface area contributed by atoms with Crippen LogP contribution in [0.2, 0.25) is 0 Å². The molecular weight excluding hydrogens is 431 g/mol. The predicted octanol–water partition coefficient (Wildman–Crippen LogP) is 2.28. The Hall–Kier alpha value is 0.832. The molecule has 4 atom stereocenters. The van der Waals surface area contributed by atoms with E-state index in [4.69, 9.17) is 16.6 Å². The zero-order valence-electron chi connectivity index (χ0n) is 10.7. The van der Waals surface area contributed by atoms with Crippen LogP contribution in [0.4, 0.5) is 0 Å². The Labute approximate surface area is 139 Å². The Kier molecular flexibility index (Phi) is 8.49. The third kappa shape index (κ3) is 4.45. The first kappa shape index (κ1) is 17.8. The Morgan fingerprint density at radius 1 is 1.41 bits per heavy atom. The minimum absolute atomic E-state index is 0. The molecule has 0 heterocycles. The van der Waals surface area contributed by atoms with Gasteiger partial charge in [0.2, 0.25) is 0 Å². The van der Waals surface area contributed by atoms with Crippen LogP contribution in [0.5, 0.6) is 0 Å². The maximum absolute atomic E-state index is 10.9. The van der Waals surface area contributed by atoms with Crippen molar-refractivity contribution in [2.45, 2.75) is 51.6 Å². The zero-order valence-corrected chi connectivity index (χ0v) is 15.5. The van der Waals surface area contributed by atoms with Crippen molar-refractivity contribution in [3.63, 3.8) is 0 Å². The Morgan fingerprint density at radius 3 is 2.29 bits per heavy atom. The van der Waals surface area contributed by atoms with Crippen molar-refractivity contribution >= 4 is 5.97 Å². The second-order valence-corrected chi connectivity index (χ2v) is 4.94. The SMILES string of the molecule is CCC(CC)C([NH-])C1CC(C(=O)O)CC1N.[Ac]. The number of nitrogens with two attached hydrogens (primary N) is 1. The smallest absolute Gasteiger partial charge is 0.306 e. The van der Waals surface area contributed by atoms with Crippen molar-refractivity contribution in [1.29, 1.82) is 0 Å². The molecule has 0 aromatic carbocycles. The van der Waals surface area contributed by atoms with Crippen LogP contribution in [-0.4, -0.2) is 23.2 Å². The van der Waals surface area contributed by atoms with Gasteiger partial charge in [0, 0.05) is 50.1 Å². The van der Waals surface area contributed by atoms with Gasteiger partial charge in [-0.3, -0.25) is 4.79 Å². The summed E-state index contributed by atoms with van der Waals surface area (Å²) in [6.45, 7) is 4.18. The van der Waals surface area contributed by atoms with E-state index >= 15 is 0 Å². The summed E-state index contributed by atoms with van der Waals surface area (Å²) < 4.78 is 0. The topological polar surface area (TPSA) is 87.1 Å². The van der Waals surface area contributed by atoms with Crippen LogP contribution in [0.1, 0.15) is 39.5 Å². The summed E-state index contributed by atoms with van der Waals surface area (Å²) >= 11 is 0. The van der Waals surface area contributed by atoms with E-state index in [-0.39, 0.29) is 68.0 Å². The molecule has 1 fully saturated rings. The first-order valence-corrected chi connectivity index (χ1v) is 6.20. The number of rotatable bonds is 5. The zero-order chi connectivity index (χ0) is 12.3. The van der Waals surface area contributed by atoms with Crippen LogP contribution in [0.15, 0.2) is 0 Å². The summed E-state index contributed by atoms with van der Waals surface area (Å²) in [5.41, 5.74) is 14.2. The number of hydrogen-bond acceptors (Lipinski definition) is 2. The molecule has 1 aliphatic carbocycles. The molecule has 0 spiro atoms. The van der Waals surface area contributed by atoms with Crippen molar-refractivity contribution in [3.8, 4) is 0 Å². The molecule has 0 aromatic heterocycles. The van der Waals surface area contributed by atoms with Gasteiger partial charge in [-0.2, -0.15) is 0 Å². The Balaban J connectivity index is 0.00000256. The largest absolute Gasteiger partial charge is 0.674 e. The van der Waals surface area contributed by atoms with Gasteiger partial charge in [-0.25, -0.2) is 0 Å². The molecule has 1 aliphatic rings.